The van der Waals surface area contributed by atoms with Crippen molar-refractivity contribution in [2.75, 3.05) is 6.54 Å². The lowest BCUT2D eigenvalue weighted by molar-refractivity contribution is -0.788. The molecule has 1 unspecified atom stereocenters. The van der Waals surface area contributed by atoms with E-state index in [9.17, 15) is 13.2 Å². The topological polar surface area (TPSA) is 61.6 Å². The van der Waals surface area contributed by atoms with Gasteiger partial charge in [0, 0.05) is 5.57 Å². The Morgan fingerprint density at radius 1 is 1.04 bits per heavy atom. The van der Waals surface area contributed by atoms with E-state index in [0.29, 0.717) is 0 Å². The lowest BCUT2D eigenvalue weighted by Crippen LogP contribution is -3.01. The number of nitrogens with one attached hydrogen (secondary N) is 1. The second kappa shape index (κ2) is 11.7. The molecule has 0 aromatic heterocycles. The predicted octanol–water partition coefficient (Wildman–Crippen LogP) is 3.49. The minimum absolute atomic E-state index is 1.28. The Balaban J connectivity index is 0.000000561. The van der Waals surface area contributed by atoms with Gasteiger partial charge in [-0.15, -0.1) is 0 Å². The van der Waals surface area contributed by atoms with Gasteiger partial charge in [0.05, 0.1) is 12.7 Å². The molecule has 0 aromatic rings. The van der Waals surface area contributed by atoms with Crippen molar-refractivity contribution in [2.45, 2.75) is 70.7 Å². The zero-order chi connectivity index (χ0) is 18.6. The van der Waals surface area contributed by atoms with E-state index in [0.717, 1.165) is 0 Å². The second-order valence-electron chi connectivity index (χ2n) is 5.92. The first-order valence-corrected chi connectivity index (χ1v) is 9.73. The smallest absolute Gasteiger partial charge is 0.485 e. The first-order valence-electron chi connectivity index (χ1n) is 8.32. The van der Waals surface area contributed by atoms with Crippen LogP contribution in [0.2, 0.25) is 0 Å². The van der Waals surface area contributed by atoms with E-state index in [1.54, 1.807) is 0 Å². The third-order valence-corrected chi connectivity index (χ3v) is 4.14. The van der Waals surface area contributed by atoms with Crippen LogP contribution in [-0.4, -0.2) is 25.0 Å². The summed E-state index contributed by atoms with van der Waals surface area (Å²) in [5, 5.41) is 0. The van der Waals surface area contributed by atoms with Crippen molar-refractivity contribution in [1.29, 1.82) is 0 Å². The molecule has 0 radical (unpaired) electrons. The van der Waals surface area contributed by atoms with Crippen molar-refractivity contribution in [3.8, 4) is 0 Å². The Morgan fingerprint density at radius 3 is 1.88 bits per heavy atom. The van der Waals surface area contributed by atoms with Crippen molar-refractivity contribution in [1.82, 2.24) is 0 Å². The van der Waals surface area contributed by atoms with Crippen LogP contribution in [0, 0.1) is 0 Å². The molecular weight excluding hydrogens is 343 g/mol. The molecule has 8 heteroatoms. The van der Waals surface area contributed by atoms with Crippen LogP contribution in [0.4, 0.5) is 13.2 Å². The number of alkyl halides is 3. The molecule has 1 heterocycles. The Kier molecular flexibility index (Phi) is 11.2. The van der Waals surface area contributed by atoms with Gasteiger partial charge >= 0.3 is 5.51 Å². The number of unbranched alkanes of at least 4 members (excludes halogenated alkanes) is 7. The molecule has 1 rings (SSSR count). The lowest BCUT2D eigenvalue weighted by atomic mass is 10.1. The van der Waals surface area contributed by atoms with E-state index in [2.05, 4.69) is 32.3 Å². The molecule has 24 heavy (non-hydrogen) atoms. The molecule has 142 valence electrons. The summed E-state index contributed by atoms with van der Waals surface area (Å²) < 4.78 is 58.9. The summed E-state index contributed by atoms with van der Waals surface area (Å²) in [7, 11) is -6.09. The maximum Gasteiger partial charge on any atom is 0.485 e. The molecule has 0 aliphatic carbocycles. The maximum atomic E-state index is 10.7. The number of quaternary nitrogens is 1. The minimum Gasteiger partial charge on any atom is -0.741 e. The standard InChI is InChI=1S/C15H27N.CHF3O3S/c1-3-4-5-6-7-8-9-10-12-16-13-11-15(2)14-16;2-1(3,4)8(5,6)7/h11,13-14H,3-10,12H2,1-2H3;(H,5,6,7). The van der Waals surface area contributed by atoms with Crippen molar-refractivity contribution >= 4 is 10.1 Å². The van der Waals surface area contributed by atoms with E-state index >= 15 is 0 Å². The highest BCUT2D eigenvalue weighted by molar-refractivity contribution is 7.86. The van der Waals surface area contributed by atoms with Gasteiger partial charge < -0.3 is 4.55 Å². The first kappa shape index (κ1) is 23.1. The van der Waals surface area contributed by atoms with E-state index in [1.807, 2.05) is 0 Å². The van der Waals surface area contributed by atoms with Crippen LogP contribution in [-0.2, 0) is 10.1 Å². The van der Waals surface area contributed by atoms with Gasteiger partial charge in [-0.05, 0) is 25.8 Å². The summed E-state index contributed by atoms with van der Waals surface area (Å²) >= 11 is 0. The fourth-order valence-corrected chi connectivity index (χ4v) is 2.25. The summed E-state index contributed by atoms with van der Waals surface area (Å²) in [6.45, 7) is 5.74. The number of rotatable bonds is 9. The van der Waals surface area contributed by atoms with Crippen molar-refractivity contribution < 1.29 is 31.0 Å². The highest BCUT2D eigenvalue weighted by Gasteiger charge is 2.36. The molecule has 0 amide bonds. The quantitative estimate of drug-likeness (QED) is 0.383. The van der Waals surface area contributed by atoms with Crippen LogP contribution in [0.25, 0.3) is 0 Å². The van der Waals surface area contributed by atoms with Gasteiger partial charge in [0.15, 0.2) is 10.1 Å². The van der Waals surface area contributed by atoms with Gasteiger partial charge in [-0.1, -0.05) is 45.4 Å². The molecule has 1 atom stereocenters. The zero-order valence-corrected chi connectivity index (χ0v) is 15.2. The maximum absolute atomic E-state index is 10.7. The molecule has 0 saturated carbocycles. The van der Waals surface area contributed by atoms with Crippen LogP contribution < -0.4 is 4.90 Å². The van der Waals surface area contributed by atoms with E-state index in [4.69, 9.17) is 13.0 Å². The van der Waals surface area contributed by atoms with E-state index < -0.39 is 15.6 Å². The molecule has 0 aromatic carbocycles. The number of hydrogen-bond acceptors (Lipinski definition) is 3. The van der Waals surface area contributed by atoms with Crippen molar-refractivity contribution in [3.05, 3.63) is 24.0 Å². The molecule has 0 spiro atoms. The Morgan fingerprint density at radius 2 is 1.50 bits per heavy atom. The van der Waals surface area contributed by atoms with Crippen LogP contribution in [0.15, 0.2) is 24.0 Å². The molecular formula is C16H28F3NO3S. The fraction of sp³-hybridized carbons (Fsp3) is 0.750. The number of halogens is 3. The molecule has 0 saturated heterocycles. The molecule has 4 nitrogen and oxygen atoms in total. The summed E-state index contributed by atoms with van der Waals surface area (Å²) in [5.74, 6) is 0. The van der Waals surface area contributed by atoms with Gasteiger partial charge in [0.2, 0.25) is 0 Å². The van der Waals surface area contributed by atoms with Gasteiger partial charge in [-0.2, -0.15) is 13.2 Å². The molecule has 0 bridgehead atoms. The van der Waals surface area contributed by atoms with Crippen molar-refractivity contribution in [3.63, 3.8) is 0 Å². The average molecular weight is 371 g/mol. The van der Waals surface area contributed by atoms with Crippen LogP contribution >= 0.6 is 0 Å². The third kappa shape index (κ3) is 11.6. The highest BCUT2D eigenvalue weighted by atomic mass is 32.2. The van der Waals surface area contributed by atoms with Crippen LogP contribution in [0.5, 0.6) is 0 Å². The summed E-state index contributed by atoms with van der Waals surface area (Å²) in [4.78, 5) is 1.53. The van der Waals surface area contributed by atoms with Crippen LogP contribution in [0.3, 0.4) is 0 Å². The molecule has 0 fully saturated rings. The SMILES string of the molecule is CCCCCCCCCC[NH+]1C=CC(C)=C1.O=S(=O)([O-])C(F)(F)F. The highest BCUT2D eigenvalue weighted by Crippen LogP contribution is 2.20. The van der Waals surface area contributed by atoms with Gasteiger partial charge in [0.25, 0.3) is 0 Å². The summed E-state index contributed by atoms with van der Waals surface area (Å²) in [5.41, 5.74) is -4.23. The lowest BCUT2D eigenvalue weighted by Gasteiger charge is -2.08. The van der Waals surface area contributed by atoms with Gasteiger partial charge in [-0.25, -0.2) is 8.42 Å². The summed E-state index contributed by atoms with van der Waals surface area (Å²) in [6.07, 6.45) is 18.2. The van der Waals surface area contributed by atoms with Gasteiger partial charge in [0.1, 0.15) is 6.20 Å². The average Bonchev–Trinajstić information content (AvgIpc) is 2.86. The summed E-state index contributed by atoms with van der Waals surface area (Å²) in [6, 6.07) is 0. The molecule has 1 aliphatic heterocycles. The Hall–Kier alpha value is -0.860. The number of hydrogen-bond donors (Lipinski definition) is 1. The van der Waals surface area contributed by atoms with E-state index in [-0.39, 0.29) is 0 Å². The molecule has 1 aliphatic rings. The monoisotopic (exact) mass is 371 g/mol. The normalized spacial score (nSPS) is 17.4. The largest absolute Gasteiger partial charge is 0.741 e. The second-order valence-corrected chi connectivity index (χ2v) is 7.29. The Bertz CT molecular complexity index is 499. The molecule has 1 N–H and O–H groups in total. The van der Waals surface area contributed by atoms with Crippen LogP contribution in [0.1, 0.15) is 65.2 Å². The van der Waals surface area contributed by atoms with Gasteiger partial charge in [-0.3, -0.25) is 4.90 Å². The van der Waals surface area contributed by atoms with Crippen molar-refractivity contribution in [2.24, 2.45) is 0 Å². The predicted molar refractivity (Wildman–Crippen MR) is 87.1 cm³/mol. The number of allylic oxidation sites excluding steroid dienone is 2. The first-order chi connectivity index (χ1) is 11.1. The fourth-order valence-electron chi connectivity index (χ4n) is 2.25. The Labute approximate surface area is 143 Å². The zero-order valence-electron chi connectivity index (χ0n) is 14.4. The minimum atomic E-state index is -6.09. The van der Waals surface area contributed by atoms with E-state index in [1.165, 1.54) is 68.4 Å². The third-order valence-electron chi connectivity index (χ3n) is 3.58.